The molecule has 2 N–H and O–H groups in total. The number of para-hydroxylation sites is 1. The second-order valence-corrected chi connectivity index (χ2v) is 8.04. The topological polar surface area (TPSA) is 79.8 Å². The molecule has 2 aromatic heterocycles. The third-order valence-electron chi connectivity index (χ3n) is 4.39. The van der Waals surface area contributed by atoms with Crippen LogP contribution in [0.15, 0.2) is 34.2 Å². The lowest BCUT2D eigenvalue weighted by molar-refractivity contribution is -0.113. The molecule has 0 unspecified atom stereocenters. The van der Waals surface area contributed by atoms with Crippen molar-refractivity contribution in [3.05, 3.63) is 50.9 Å². The van der Waals surface area contributed by atoms with Crippen LogP contribution < -0.4 is 10.9 Å². The number of unbranched alkanes of at least 4 members (excludes halogenated alkanes) is 1. The number of aromatic amines is 1. The zero-order chi connectivity index (χ0) is 20.3. The van der Waals surface area contributed by atoms with Crippen molar-refractivity contribution in [2.45, 2.75) is 45.3 Å². The maximum absolute atomic E-state index is 12.9. The summed E-state index contributed by atoms with van der Waals surface area (Å²) < 4.78 is 1.65. The third-order valence-corrected chi connectivity index (χ3v) is 5.68. The Morgan fingerprint density at radius 2 is 2.14 bits per heavy atom. The number of hydrogen-bond donors (Lipinski definition) is 2. The van der Waals surface area contributed by atoms with Crippen LogP contribution in [0.1, 0.15) is 31.0 Å². The van der Waals surface area contributed by atoms with E-state index in [1.807, 2.05) is 32.0 Å². The molecule has 3 rings (SSSR count). The van der Waals surface area contributed by atoms with E-state index in [1.54, 1.807) is 10.6 Å². The molecular formula is C20H23ClN4O2S. The van der Waals surface area contributed by atoms with Crippen molar-refractivity contribution in [1.29, 1.82) is 0 Å². The zero-order valence-corrected chi connectivity index (χ0v) is 17.7. The minimum atomic E-state index is -0.192. The number of carbonyl (C=O) groups is 1. The molecule has 1 amide bonds. The average molecular weight is 419 g/mol. The van der Waals surface area contributed by atoms with Gasteiger partial charge in [-0.3, -0.25) is 14.2 Å². The van der Waals surface area contributed by atoms with E-state index in [4.69, 9.17) is 11.6 Å². The van der Waals surface area contributed by atoms with Crippen molar-refractivity contribution in [3.63, 3.8) is 0 Å². The Kier molecular flexibility index (Phi) is 6.46. The number of fused-ring (bicyclic) bond motifs is 1. The molecule has 0 aliphatic heterocycles. The predicted molar refractivity (Wildman–Crippen MR) is 116 cm³/mol. The molecular weight excluding hydrogens is 396 g/mol. The number of benzene rings is 1. The van der Waals surface area contributed by atoms with Gasteiger partial charge in [0.25, 0.3) is 5.56 Å². The van der Waals surface area contributed by atoms with Gasteiger partial charge < -0.3 is 10.3 Å². The van der Waals surface area contributed by atoms with Crippen LogP contribution in [0, 0.1) is 13.8 Å². The molecule has 0 aliphatic carbocycles. The van der Waals surface area contributed by atoms with Gasteiger partial charge >= 0.3 is 0 Å². The lowest BCUT2D eigenvalue weighted by Gasteiger charge is -2.12. The largest absolute Gasteiger partial charge is 0.353 e. The molecule has 148 valence electrons. The number of rotatable bonds is 7. The molecule has 0 fully saturated rings. The third kappa shape index (κ3) is 4.42. The highest BCUT2D eigenvalue weighted by atomic mass is 35.5. The number of hydrogen-bond acceptors (Lipinski definition) is 4. The molecule has 0 aliphatic rings. The molecule has 0 bridgehead atoms. The van der Waals surface area contributed by atoms with Gasteiger partial charge in [0.1, 0.15) is 5.52 Å². The fraction of sp³-hybridized carbons (Fsp3) is 0.350. The molecule has 2 heterocycles. The van der Waals surface area contributed by atoms with E-state index in [-0.39, 0.29) is 17.2 Å². The van der Waals surface area contributed by atoms with Crippen molar-refractivity contribution >= 4 is 46.0 Å². The van der Waals surface area contributed by atoms with Gasteiger partial charge in [-0.15, -0.1) is 0 Å². The summed E-state index contributed by atoms with van der Waals surface area (Å²) >= 11 is 7.44. The number of aromatic nitrogens is 3. The molecule has 6 nitrogen and oxygen atoms in total. The summed E-state index contributed by atoms with van der Waals surface area (Å²) in [6.07, 6.45) is 1.83. The van der Waals surface area contributed by atoms with Crippen LogP contribution in [0.5, 0.6) is 0 Å². The number of carbonyl (C=O) groups excluding carboxylic acids is 1. The maximum atomic E-state index is 12.9. The Balaban J connectivity index is 1.82. The fourth-order valence-electron chi connectivity index (χ4n) is 2.93. The Morgan fingerprint density at radius 3 is 2.86 bits per heavy atom. The number of H-pyrrole nitrogens is 1. The summed E-state index contributed by atoms with van der Waals surface area (Å²) in [6, 6.07) is 7.31. The van der Waals surface area contributed by atoms with Gasteiger partial charge in [-0.1, -0.05) is 48.8 Å². The van der Waals surface area contributed by atoms with E-state index in [9.17, 15) is 9.59 Å². The quantitative estimate of drug-likeness (QED) is 0.436. The van der Waals surface area contributed by atoms with Crippen molar-refractivity contribution in [3.8, 4) is 0 Å². The second-order valence-electron chi connectivity index (χ2n) is 6.69. The van der Waals surface area contributed by atoms with Crippen LogP contribution in [0.4, 0.5) is 5.69 Å². The van der Waals surface area contributed by atoms with Gasteiger partial charge in [0.15, 0.2) is 5.16 Å². The summed E-state index contributed by atoms with van der Waals surface area (Å²) in [6.45, 7) is 6.43. The van der Waals surface area contributed by atoms with Crippen molar-refractivity contribution in [1.82, 2.24) is 14.5 Å². The van der Waals surface area contributed by atoms with E-state index in [2.05, 4.69) is 22.2 Å². The van der Waals surface area contributed by atoms with Gasteiger partial charge in [0.05, 0.1) is 22.0 Å². The van der Waals surface area contributed by atoms with E-state index in [0.717, 1.165) is 24.1 Å². The lowest BCUT2D eigenvalue weighted by Crippen LogP contribution is -2.24. The van der Waals surface area contributed by atoms with Gasteiger partial charge in [0.2, 0.25) is 5.91 Å². The monoisotopic (exact) mass is 418 g/mol. The predicted octanol–water partition coefficient (Wildman–Crippen LogP) is 4.53. The standard InChI is InChI=1S/C20H23ClN4O2S/c1-4-5-9-25-19(27)18-15(10-13(3)22-18)23-20(25)28-11-16(26)24-17-12(2)7-6-8-14(17)21/h6-8,10,22H,4-5,9,11H2,1-3H3,(H,24,26). The summed E-state index contributed by atoms with van der Waals surface area (Å²) in [5.74, 6) is -0.0548. The molecule has 0 atom stereocenters. The van der Waals surface area contributed by atoms with Crippen LogP contribution in [0.2, 0.25) is 5.02 Å². The van der Waals surface area contributed by atoms with E-state index >= 15 is 0 Å². The normalized spacial score (nSPS) is 11.1. The smallest absolute Gasteiger partial charge is 0.278 e. The maximum Gasteiger partial charge on any atom is 0.278 e. The van der Waals surface area contributed by atoms with E-state index in [0.29, 0.717) is 33.4 Å². The first kappa shape index (κ1) is 20.5. The van der Waals surface area contributed by atoms with Gasteiger partial charge in [-0.2, -0.15) is 0 Å². The highest BCUT2D eigenvalue weighted by molar-refractivity contribution is 7.99. The number of thioether (sulfide) groups is 1. The fourth-order valence-corrected chi connectivity index (χ4v) is 4.02. The van der Waals surface area contributed by atoms with Gasteiger partial charge in [-0.05, 0) is 38.0 Å². The van der Waals surface area contributed by atoms with E-state index < -0.39 is 0 Å². The summed E-state index contributed by atoms with van der Waals surface area (Å²) in [5, 5.41) is 3.91. The number of aryl methyl sites for hydroxylation is 2. The second kappa shape index (κ2) is 8.84. The SMILES string of the molecule is CCCCn1c(SCC(=O)Nc2c(C)cccc2Cl)nc2cc(C)[nH]c2c1=O. The Labute approximate surface area is 172 Å². The van der Waals surface area contributed by atoms with Crippen LogP contribution >= 0.6 is 23.4 Å². The number of anilines is 1. The van der Waals surface area contributed by atoms with Gasteiger partial charge in [0, 0.05) is 12.2 Å². The van der Waals surface area contributed by atoms with Crippen LogP contribution in [-0.4, -0.2) is 26.2 Å². The molecule has 8 heteroatoms. The molecule has 1 aromatic carbocycles. The van der Waals surface area contributed by atoms with Crippen LogP contribution in [0.25, 0.3) is 11.0 Å². The van der Waals surface area contributed by atoms with Crippen molar-refractivity contribution < 1.29 is 4.79 Å². The van der Waals surface area contributed by atoms with Gasteiger partial charge in [-0.25, -0.2) is 4.98 Å². The average Bonchev–Trinajstić information content (AvgIpc) is 3.03. The van der Waals surface area contributed by atoms with Crippen molar-refractivity contribution in [2.75, 3.05) is 11.1 Å². The van der Waals surface area contributed by atoms with E-state index in [1.165, 1.54) is 11.8 Å². The molecule has 3 aromatic rings. The molecule has 0 saturated heterocycles. The highest BCUT2D eigenvalue weighted by Crippen LogP contribution is 2.26. The minimum absolute atomic E-state index is 0.101. The first-order valence-corrected chi connectivity index (χ1v) is 10.5. The Bertz CT molecular complexity index is 1050. The number of nitrogens with one attached hydrogen (secondary N) is 2. The van der Waals surface area contributed by atoms with Crippen LogP contribution in [-0.2, 0) is 11.3 Å². The lowest BCUT2D eigenvalue weighted by atomic mass is 10.2. The number of amides is 1. The minimum Gasteiger partial charge on any atom is -0.353 e. The molecule has 0 radical (unpaired) electrons. The molecule has 28 heavy (non-hydrogen) atoms. The number of halogens is 1. The van der Waals surface area contributed by atoms with Crippen LogP contribution in [0.3, 0.4) is 0 Å². The highest BCUT2D eigenvalue weighted by Gasteiger charge is 2.15. The zero-order valence-electron chi connectivity index (χ0n) is 16.1. The Morgan fingerprint density at radius 1 is 1.36 bits per heavy atom. The Hall–Kier alpha value is -2.25. The first-order valence-electron chi connectivity index (χ1n) is 9.18. The number of nitrogens with zero attached hydrogens (tertiary/aromatic N) is 2. The van der Waals surface area contributed by atoms with Crippen molar-refractivity contribution in [2.24, 2.45) is 0 Å². The summed E-state index contributed by atoms with van der Waals surface area (Å²) in [4.78, 5) is 33.0. The molecule has 0 spiro atoms. The first-order chi connectivity index (χ1) is 13.4. The molecule has 0 saturated carbocycles. The summed E-state index contributed by atoms with van der Waals surface area (Å²) in [5.41, 5.74) is 3.43. The summed E-state index contributed by atoms with van der Waals surface area (Å²) in [7, 11) is 0.